The number of nitrogens with one attached hydrogen (secondary N) is 2. The van der Waals surface area contributed by atoms with Crippen LogP contribution in [0.5, 0.6) is 11.5 Å². The molecule has 17 nitrogen and oxygen atoms in total. The lowest BCUT2D eigenvalue weighted by Crippen LogP contribution is -2.26. The molecule has 0 aliphatic carbocycles. The van der Waals surface area contributed by atoms with E-state index in [4.69, 9.17) is 5.26 Å². The maximum atomic E-state index is 13.9. The SMILES string of the molecule is O=c1c2ccc(S(=O)(=O)O)cc2c(=O)c2c1c(O)cc1[nH+]c3c([nH+]c12)c(S(=O)(=O)O)c(O)c1c(=O)c2ccc(SOOO)cc2c(=O)c13. The Balaban J connectivity index is 1.75. The summed E-state index contributed by atoms with van der Waals surface area (Å²) in [7, 11) is -10.3. The molecule has 7 rings (SSSR count). The average Bonchev–Trinajstić information content (AvgIpc) is 3.02. The normalized spacial score (nSPS) is 12.7. The third-order valence-corrected chi connectivity index (χ3v) is 10.2. The van der Waals surface area contributed by atoms with Crippen LogP contribution in [0.25, 0.3) is 65.2 Å². The number of phenolic OH excluding ortho intramolecular Hbond substituents is 2. The second kappa shape index (κ2) is 10.4. The molecule has 0 saturated carbocycles. The molecule has 7 N–H and O–H groups in total. The van der Waals surface area contributed by atoms with Crippen LogP contribution >= 0.6 is 12.0 Å². The first-order valence-electron chi connectivity index (χ1n) is 13.0. The highest BCUT2D eigenvalue weighted by Crippen LogP contribution is 2.37. The van der Waals surface area contributed by atoms with Gasteiger partial charge in [0.25, 0.3) is 26.7 Å². The Hall–Kier alpha value is -5.19. The number of hydrogen-bond acceptors (Lipinski definition) is 14. The summed E-state index contributed by atoms with van der Waals surface area (Å²) < 4.78 is 73.0. The predicted octanol–water partition coefficient (Wildman–Crippen LogP) is 0.883. The van der Waals surface area contributed by atoms with E-state index in [2.05, 4.69) is 19.3 Å². The summed E-state index contributed by atoms with van der Waals surface area (Å²) in [6, 6.07) is 7.12. The summed E-state index contributed by atoms with van der Waals surface area (Å²) in [5.74, 6) is -2.10. The van der Waals surface area contributed by atoms with Gasteiger partial charge in [-0.05, 0) is 36.4 Å². The number of aromatic nitrogens is 2. The van der Waals surface area contributed by atoms with Crippen molar-refractivity contribution in [3.8, 4) is 11.5 Å². The van der Waals surface area contributed by atoms with Crippen molar-refractivity contribution in [2.24, 2.45) is 0 Å². The second-order valence-electron chi connectivity index (χ2n) is 10.4. The Morgan fingerprint density at radius 1 is 0.625 bits per heavy atom. The molecule has 0 spiro atoms. The first-order chi connectivity index (χ1) is 22.5. The van der Waals surface area contributed by atoms with E-state index in [9.17, 15) is 55.3 Å². The molecular formula is C28H14N2O15S3+2. The maximum absolute atomic E-state index is 13.9. The fourth-order valence-corrected chi connectivity index (χ4v) is 7.56. The minimum absolute atomic E-state index is 0.161. The molecule has 0 saturated heterocycles. The Morgan fingerprint density at radius 2 is 1.21 bits per heavy atom. The third-order valence-electron chi connectivity index (χ3n) is 7.83. The van der Waals surface area contributed by atoms with Crippen molar-refractivity contribution in [3.63, 3.8) is 0 Å². The topological polar surface area (TPSA) is 284 Å². The van der Waals surface area contributed by atoms with Crippen LogP contribution in [-0.4, -0.2) is 41.4 Å². The van der Waals surface area contributed by atoms with Crippen molar-refractivity contribution < 1.29 is 60.8 Å². The van der Waals surface area contributed by atoms with Crippen LogP contribution < -0.4 is 31.7 Å². The van der Waals surface area contributed by atoms with E-state index >= 15 is 0 Å². The molecule has 0 aliphatic rings. The highest BCUT2D eigenvalue weighted by Gasteiger charge is 2.36. The Labute approximate surface area is 267 Å². The van der Waals surface area contributed by atoms with Crippen LogP contribution in [0.1, 0.15) is 0 Å². The molecule has 0 fully saturated rings. The van der Waals surface area contributed by atoms with E-state index < -0.39 is 107 Å². The molecule has 0 radical (unpaired) electrons. The highest BCUT2D eigenvalue weighted by molar-refractivity contribution is 7.94. The number of aromatic hydroxyl groups is 2. The predicted molar refractivity (Wildman–Crippen MR) is 166 cm³/mol. The van der Waals surface area contributed by atoms with Gasteiger partial charge in [0.05, 0.1) is 33.8 Å². The van der Waals surface area contributed by atoms with Gasteiger partial charge in [-0.1, -0.05) is 5.04 Å². The zero-order valence-electron chi connectivity index (χ0n) is 23.1. The highest BCUT2D eigenvalue weighted by atomic mass is 32.2. The van der Waals surface area contributed by atoms with Crippen LogP contribution in [0.3, 0.4) is 0 Å². The molecule has 242 valence electrons. The zero-order chi connectivity index (χ0) is 34.6. The Bertz CT molecular complexity index is 3100. The lowest BCUT2D eigenvalue weighted by atomic mass is 9.98. The molecule has 1 aromatic heterocycles. The minimum atomic E-state index is -5.44. The van der Waals surface area contributed by atoms with E-state index in [0.29, 0.717) is 12.0 Å². The van der Waals surface area contributed by atoms with Gasteiger partial charge in [0.15, 0.2) is 16.6 Å². The van der Waals surface area contributed by atoms with Gasteiger partial charge in [-0.15, -0.1) is 4.33 Å². The van der Waals surface area contributed by atoms with E-state index in [0.717, 1.165) is 30.3 Å². The summed E-state index contributed by atoms with van der Waals surface area (Å²) in [6.45, 7) is 0. The van der Waals surface area contributed by atoms with Gasteiger partial charge in [-0.3, -0.25) is 28.3 Å². The van der Waals surface area contributed by atoms with Gasteiger partial charge in [0.2, 0.25) is 15.8 Å². The fraction of sp³-hybridized carbons (Fsp3) is 0. The van der Waals surface area contributed by atoms with Crippen LogP contribution in [0.15, 0.2) is 76.3 Å². The van der Waals surface area contributed by atoms with Crippen LogP contribution in [0.2, 0.25) is 0 Å². The molecule has 6 aromatic carbocycles. The van der Waals surface area contributed by atoms with Gasteiger partial charge in [-0.25, -0.2) is 5.26 Å². The van der Waals surface area contributed by atoms with Crippen molar-refractivity contribution in [2.45, 2.75) is 14.7 Å². The number of hydrogen-bond donors (Lipinski definition) is 5. The molecule has 0 unspecified atom stereocenters. The third kappa shape index (κ3) is 4.43. The largest absolute Gasteiger partial charge is 0.507 e. The van der Waals surface area contributed by atoms with E-state index in [-0.39, 0.29) is 26.6 Å². The number of phenols is 2. The first-order valence-corrected chi connectivity index (χ1v) is 16.6. The smallest absolute Gasteiger partial charge is 0.305 e. The van der Waals surface area contributed by atoms with Crippen LogP contribution in [-0.2, 0) is 29.6 Å². The number of benzene rings is 6. The lowest BCUT2D eigenvalue weighted by Gasteiger charge is -2.08. The van der Waals surface area contributed by atoms with Gasteiger partial charge < -0.3 is 10.2 Å². The Morgan fingerprint density at radius 3 is 1.83 bits per heavy atom. The standard InChI is InChI=1S/C28H12N2O15S3/c31-15-7-14-20(17-16(15)23(32)11-4-2-9(47(38,39)40)6-13(11)26(17)35)30-22-21(29-14)18-19(27(36)28(22)48(41,42)43)24(33)10-3-1-8(46-45-44-37)5-12(10)25(18)34/h1-7,31,36-37H,(H,38,39,40)(H,41,42,43)/p+2. The van der Waals surface area contributed by atoms with Gasteiger partial charge in [0.1, 0.15) is 16.5 Å². The summed E-state index contributed by atoms with van der Waals surface area (Å²) in [6.07, 6.45) is 0. The van der Waals surface area contributed by atoms with Crippen molar-refractivity contribution in [3.05, 3.63) is 83.4 Å². The van der Waals surface area contributed by atoms with Crippen molar-refractivity contribution in [2.75, 3.05) is 0 Å². The maximum Gasteiger partial charge on any atom is 0.305 e. The molecule has 1 heterocycles. The molecule has 20 heteroatoms. The monoisotopic (exact) mass is 714 g/mol. The number of H-pyrrole nitrogens is 2. The van der Waals surface area contributed by atoms with Crippen LogP contribution in [0.4, 0.5) is 0 Å². The molecule has 48 heavy (non-hydrogen) atoms. The minimum Gasteiger partial charge on any atom is -0.507 e. The van der Waals surface area contributed by atoms with E-state index in [1.807, 2.05) is 0 Å². The molecule has 0 atom stereocenters. The fourth-order valence-electron chi connectivity index (χ4n) is 5.90. The summed E-state index contributed by atoms with van der Waals surface area (Å²) in [4.78, 5) is 58.2. The van der Waals surface area contributed by atoms with Gasteiger partial charge >= 0.3 is 15.6 Å². The van der Waals surface area contributed by atoms with Gasteiger partial charge in [0, 0.05) is 26.4 Å². The first kappa shape index (κ1) is 31.4. The van der Waals surface area contributed by atoms with Crippen molar-refractivity contribution in [1.29, 1.82) is 0 Å². The van der Waals surface area contributed by atoms with Crippen molar-refractivity contribution in [1.82, 2.24) is 0 Å². The summed E-state index contributed by atoms with van der Waals surface area (Å²) in [5, 5.41) is 30.2. The molecule has 0 bridgehead atoms. The van der Waals surface area contributed by atoms with E-state index in [1.165, 1.54) is 12.1 Å². The average molecular weight is 715 g/mol. The lowest BCUT2D eigenvalue weighted by molar-refractivity contribution is -0.432. The molecule has 7 aromatic rings. The Kier molecular flexibility index (Phi) is 6.81. The number of fused-ring (bicyclic) bond motifs is 8. The molecular weight excluding hydrogens is 701 g/mol. The second-order valence-corrected chi connectivity index (χ2v) is 14.0. The number of aromatic amines is 2. The van der Waals surface area contributed by atoms with Crippen molar-refractivity contribution >= 4 is 97.4 Å². The van der Waals surface area contributed by atoms with E-state index in [1.54, 1.807) is 0 Å². The summed E-state index contributed by atoms with van der Waals surface area (Å²) >= 11 is 0.459. The molecule has 0 amide bonds. The summed E-state index contributed by atoms with van der Waals surface area (Å²) in [5.41, 5.74) is -5.90. The zero-order valence-corrected chi connectivity index (χ0v) is 25.5. The molecule has 0 aliphatic heterocycles. The number of rotatable bonds is 5. The quantitative estimate of drug-likeness (QED) is 0.0413. The van der Waals surface area contributed by atoms with Crippen LogP contribution in [0, 0.1) is 0 Å². The van der Waals surface area contributed by atoms with Gasteiger partial charge in [-0.2, -0.15) is 26.8 Å².